The Hall–Kier alpha value is -3.92. The normalized spacial score (nSPS) is 14.5. The molecule has 158 valence electrons. The number of hydrogen-bond acceptors (Lipinski definition) is 9. The van der Waals surface area contributed by atoms with Crippen LogP contribution in [0.15, 0.2) is 59.2 Å². The van der Waals surface area contributed by atoms with E-state index in [1.54, 1.807) is 6.26 Å². The zero-order chi connectivity index (χ0) is 21.0. The van der Waals surface area contributed by atoms with E-state index in [9.17, 15) is 0 Å². The summed E-state index contributed by atoms with van der Waals surface area (Å²) >= 11 is 0. The fourth-order valence-electron chi connectivity index (χ4n) is 3.33. The zero-order valence-electron chi connectivity index (χ0n) is 17.1. The van der Waals surface area contributed by atoms with Crippen LogP contribution in [0.2, 0.25) is 0 Å². The van der Waals surface area contributed by atoms with Crippen molar-refractivity contribution in [3.63, 3.8) is 0 Å². The van der Waals surface area contributed by atoms with Crippen LogP contribution in [0.3, 0.4) is 0 Å². The molecular formula is C21H23N9O. The minimum absolute atomic E-state index is 0.417. The third-order valence-electron chi connectivity index (χ3n) is 5.04. The van der Waals surface area contributed by atoms with Crippen LogP contribution in [0, 0.1) is 0 Å². The lowest BCUT2D eigenvalue weighted by atomic mass is 10.3. The molecular weight excluding hydrogens is 394 g/mol. The molecule has 1 fully saturated rings. The van der Waals surface area contributed by atoms with Crippen molar-refractivity contribution in [3.8, 4) is 11.5 Å². The number of para-hydroxylation sites is 1. The molecule has 0 amide bonds. The van der Waals surface area contributed by atoms with Crippen LogP contribution < -0.4 is 15.5 Å². The number of nitrogens with one attached hydrogen (secondary N) is 3. The van der Waals surface area contributed by atoms with Crippen molar-refractivity contribution in [1.29, 1.82) is 0 Å². The summed E-state index contributed by atoms with van der Waals surface area (Å²) in [5.41, 5.74) is 1.67. The first-order valence-electron chi connectivity index (χ1n) is 10.1. The molecule has 31 heavy (non-hydrogen) atoms. The lowest BCUT2D eigenvalue weighted by Crippen LogP contribution is -2.45. The van der Waals surface area contributed by atoms with Gasteiger partial charge in [-0.25, -0.2) is 0 Å². The van der Waals surface area contributed by atoms with Gasteiger partial charge in [0.1, 0.15) is 5.69 Å². The van der Waals surface area contributed by atoms with Gasteiger partial charge in [0.05, 0.1) is 6.26 Å². The Morgan fingerprint density at radius 2 is 1.68 bits per heavy atom. The predicted octanol–water partition coefficient (Wildman–Crippen LogP) is 3.09. The van der Waals surface area contributed by atoms with E-state index >= 15 is 0 Å². The number of likely N-dealkylation sites (N-methyl/N-ethyl adjacent to an activating group) is 1. The highest BCUT2D eigenvalue weighted by Crippen LogP contribution is 2.23. The first kappa shape index (κ1) is 19.1. The van der Waals surface area contributed by atoms with Crippen molar-refractivity contribution >= 4 is 29.4 Å². The Balaban J connectivity index is 1.42. The summed E-state index contributed by atoms with van der Waals surface area (Å²) in [5, 5.41) is 13.7. The van der Waals surface area contributed by atoms with Gasteiger partial charge in [0.25, 0.3) is 0 Å². The van der Waals surface area contributed by atoms with Crippen LogP contribution in [-0.2, 0) is 0 Å². The van der Waals surface area contributed by atoms with Crippen molar-refractivity contribution in [1.82, 2.24) is 30.0 Å². The second kappa shape index (κ2) is 8.44. The van der Waals surface area contributed by atoms with Gasteiger partial charge in [-0.2, -0.15) is 20.1 Å². The topological polar surface area (TPSA) is 111 Å². The van der Waals surface area contributed by atoms with E-state index in [1.807, 2.05) is 48.5 Å². The molecule has 0 saturated carbocycles. The first-order chi connectivity index (χ1) is 15.2. The lowest BCUT2D eigenvalue weighted by molar-refractivity contribution is 0.311. The number of H-pyrrole nitrogens is 1. The van der Waals surface area contributed by atoms with Gasteiger partial charge in [0, 0.05) is 37.9 Å². The molecule has 5 rings (SSSR count). The summed E-state index contributed by atoms with van der Waals surface area (Å²) in [6.45, 7) is 3.63. The van der Waals surface area contributed by atoms with E-state index in [2.05, 4.69) is 52.6 Å². The average Bonchev–Trinajstić information content (AvgIpc) is 3.47. The zero-order valence-corrected chi connectivity index (χ0v) is 17.1. The van der Waals surface area contributed by atoms with Crippen LogP contribution in [0.1, 0.15) is 0 Å². The summed E-state index contributed by atoms with van der Waals surface area (Å²) in [7, 11) is 2.12. The summed E-state index contributed by atoms with van der Waals surface area (Å²) < 4.78 is 5.41. The van der Waals surface area contributed by atoms with Crippen LogP contribution in [-0.4, -0.2) is 63.3 Å². The fourth-order valence-corrected chi connectivity index (χ4v) is 3.33. The predicted molar refractivity (Wildman–Crippen MR) is 119 cm³/mol. The molecule has 10 nitrogen and oxygen atoms in total. The second-order valence-corrected chi connectivity index (χ2v) is 7.33. The van der Waals surface area contributed by atoms with Crippen molar-refractivity contribution in [2.75, 3.05) is 48.8 Å². The van der Waals surface area contributed by atoms with E-state index in [4.69, 9.17) is 4.42 Å². The summed E-state index contributed by atoms with van der Waals surface area (Å²) in [4.78, 5) is 18.3. The van der Waals surface area contributed by atoms with E-state index < -0.39 is 0 Å². The van der Waals surface area contributed by atoms with Gasteiger partial charge >= 0.3 is 0 Å². The van der Waals surface area contributed by atoms with Crippen LogP contribution >= 0.6 is 0 Å². The van der Waals surface area contributed by atoms with E-state index in [1.165, 1.54) is 0 Å². The molecule has 1 aromatic carbocycles. The average molecular weight is 417 g/mol. The molecule has 0 radical (unpaired) electrons. The third kappa shape index (κ3) is 4.48. The van der Waals surface area contributed by atoms with Crippen molar-refractivity contribution in [2.45, 2.75) is 0 Å². The van der Waals surface area contributed by atoms with Gasteiger partial charge < -0.3 is 24.9 Å². The highest BCUT2D eigenvalue weighted by molar-refractivity contribution is 5.62. The van der Waals surface area contributed by atoms with Crippen LogP contribution in [0.5, 0.6) is 0 Å². The summed E-state index contributed by atoms with van der Waals surface area (Å²) in [6, 6.07) is 15.4. The fraction of sp³-hybridized carbons (Fsp3) is 0.238. The maximum absolute atomic E-state index is 5.41. The first-order valence-corrected chi connectivity index (χ1v) is 10.1. The number of benzene rings is 1. The number of hydrogen-bond donors (Lipinski definition) is 3. The van der Waals surface area contributed by atoms with E-state index in [-0.39, 0.29) is 0 Å². The van der Waals surface area contributed by atoms with E-state index in [0.29, 0.717) is 29.4 Å². The smallest absolute Gasteiger partial charge is 0.235 e. The van der Waals surface area contributed by atoms with Gasteiger partial charge in [0.15, 0.2) is 11.6 Å². The third-order valence-corrected chi connectivity index (χ3v) is 5.04. The Labute approximate surface area is 179 Å². The standard InChI is InChI=1S/C21H23N9O/c1-29-9-11-30(12-10-29)21-25-19(22-15-6-3-2-4-7-15)24-20(26-21)23-18-14-16(27-28-18)17-8-5-13-31-17/h2-8,13-14H,9-12H2,1H3,(H3,22,23,24,25,26,27,28). The Kier molecular flexibility index (Phi) is 5.19. The Morgan fingerprint density at radius 3 is 2.42 bits per heavy atom. The largest absolute Gasteiger partial charge is 0.463 e. The van der Waals surface area contributed by atoms with Crippen molar-refractivity contribution < 1.29 is 4.42 Å². The monoisotopic (exact) mass is 417 g/mol. The highest BCUT2D eigenvalue weighted by Gasteiger charge is 2.19. The minimum atomic E-state index is 0.417. The maximum Gasteiger partial charge on any atom is 0.235 e. The Morgan fingerprint density at radius 1 is 0.903 bits per heavy atom. The number of nitrogens with zero attached hydrogens (tertiary/aromatic N) is 6. The number of anilines is 5. The molecule has 3 aromatic heterocycles. The minimum Gasteiger partial charge on any atom is -0.463 e. The maximum atomic E-state index is 5.41. The van der Waals surface area contributed by atoms with Gasteiger partial charge in [0.2, 0.25) is 17.8 Å². The number of rotatable bonds is 6. The molecule has 0 atom stereocenters. The van der Waals surface area contributed by atoms with E-state index in [0.717, 1.165) is 37.6 Å². The quantitative estimate of drug-likeness (QED) is 0.436. The SMILES string of the molecule is CN1CCN(c2nc(Nc3ccccc3)nc(Nc3cc(-c4ccco4)[nH]n3)n2)CC1. The molecule has 4 heterocycles. The number of aromatic amines is 1. The molecule has 1 aliphatic heterocycles. The lowest BCUT2D eigenvalue weighted by Gasteiger charge is -2.32. The van der Waals surface area contributed by atoms with Gasteiger partial charge in [-0.15, -0.1) is 0 Å². The molecule has 0 aliphatic carbocycles. The second-order valence-electron chi connectivity index (χ2n) is 7.33. The molecule has 10 heteroatoms. The molecule has 0 bridgehead atoms. The summed E-state index contributed by atoms with van der Waals surface area (Å²) in [5.74, 6) is 2.82. The number of furan rings is 1. The van der Waals surface area contributed by atoms with Crippen LogP contribution in [0.4, 0.5) is 29.4 Å². The van der Waals surface area contributed by atoms with Gasteiger partial charge in [-0.3, -0.25) is 5.10 Å². The summed E-state index contributed by atoms with van der Waals surface area (Å²) in [6.07, 6.45) is 1.62. The van der Waals surface area contributed by atoms with Gasteiger partial charge in [-0.1, -0.05) is 18.2 Å². The molecule has 0 unspecified atom stereocenters. The number of aromatic nitrogens is 5. The highest BCUT2D eigenvalue weighted by atomic mass is 16.3. The van der Waals surface area contributed by atoms with Crippen molar-refractivity contribution in [2.24, 2.45) is 0 Å². The number of piperazine rings is 1. The van der Waals surface area contributed by atoms with Crippen molar-refractivity contribution in [3.05, 3.63) is 54.8 Å². The molecule has 1 saturated heterocycles. The van der Waals surface area contributed by atoms with Crippen LogP contribution in [0.25, 0.3) is 11.5 Å². The molecule has 1 aliphatic rings. The molecule has 4 aromatic rings. The van der Waals surface area contributed by atoms with Gasteiger partial charge in [-0.05, 0) is 31.3 Å². The Bertz CT molecular complexity index is 1120. The molecule has 3 N–H and O–H groups in total. The molecule has 0 spiro atoms.